The summed E-state index contributed by atoms with van der Waals surface area (Å²) in [5.74, 6) is 0. The Morgan fingerprint density at radius 3 is 2.75 bits per heavy atom. The van der Waals surface area contributed by atoms with Crippen LogP contribution in [0.15, 0.2) is 20.1 Å². The van der Waals surface area contributed by atoms with Crippen LogP contribution < -0.4 is 4.72 Å². The Hall–Kier alpha value is -0.420. The smallest absolute Gasteiger partial charge is 0.206 e. The van der Waals surface area contributed by atoms with Crippen LogP contribution in [0, 0.1) is 11.3 Å². The molecule has 1 atom stereocenters. The van der Waals surface area contributed by atoms with E-state index < -0.39 is 10.0 Å². The van der Waals surface area contributed by atoms with Crippen molar-refractivity contribution in [3.8, 4) is 6.07 Å². The Morgan fingerprint density at radius 1 is 1.62 bits per heavy atom. The topological polar surface area (TPSA) is 70.0 Å². The summed E-state index contributed by atoms with van der Waals surface area (Å²) in [6.45, 7) is 1.84. The number of halogens is 1. The predicted octanol–water partition coefficient (Wildman–Crippen LogP) is 2.48. The van der Waals surface area contributed by atoms with Crippen LogP contribution in [0.4, 0.5) is 0 Å². The summed E-state index contributed by atoms with van der Waals surface area (Å²) in [6.07, 6.45) is 0.779. The Balaban J connectivity index is 2.83. The fraction of sp³-hybridized carbons (Fsp3) is 0.444. The summed E-state index contributed by atoms with van der Waals surface area (Å²) in [5.41, 5.74) is 0. The van der Waals surface area contributed by atoms with Gasteiger partial charge in [-0.1, -0.05) is 6.92 Å². The molecule has 0 saturated carbocycles. The molecule has 0 aliphatic carbocycles. The lowest BCUT2D eigenvalue weighted by Crippen LogP contribution is -2.33. The standard InChI is InChI=1S/C9H11BrN2O2S2/c1-2-7(5-6-11)12-16(13,14)9-4-3-8(10)15-9/h3-4,7,12H,2,5H2,1H3. The SMILES string of the molecule is CCC(CC#N)NS(=O)(=O)c1ccc(Br)s1. The fourth-order valence-electron chi connectivity index (χ4n) is 1.10. The van der Waals surface area contributed by atoms with Crippen LogP contribution in [0.1, 0.15) is 19.8 Å². The van der Waals surface area contributed by atoms with Gasteiger partial charge in [-0.15, -0.1) is 11.3 Å². The van der Waals surface area contributed by atoms with E-state index in [2.05, 4.69) is 20.7 Å². The van der Waals surface area contributed by atoms with Gasteiger partial charge in [-0.2, -0.15) is 5.26 Å². The van der Waals surface area contributed by atoms with E-state index in [1.807, 2.05) is 13.0 Å². The third-order valence-electron chi connectivity index (χ3n) is 1.97. The Labute approximate surface area is 107 Å². The molecular formula is C9H11BrN2O2S2. The van der Waals surface area contributed by atoms with Crippen LogP contribution in [0.5, 0.6) is 0 Å². The molecule has 1 rings (SSSR count). The molecule has 7 heteroatoms. The van der Waals surface area contributed by atoms with Crippen LogP contribution in [-0.2, 0) is 10.0 Å². The normalized spacial score (nSPS) is 13.3. The highest BCUT2D eigenvalue weighted by Gasteiger charge is 2.20. The molecule has 88 valence electrons. The maximum absolute atomic E-state index is 11.9. The summed E-state index contributed by atoms with van der Waals surface area (Å²) in [4.78, 5) is 0. The quantitative estimate of drug-likeness (QED) is 0.905. The Kier molecular flexibility index (Phi) is 4.92. The van der Waals surface area contributed by atoms with Gasteiger partial charge >= 0.3 is 0 Å². The van der Waals surface area contributed by atoms with E-state index in [1.165, 1.54) is 6.07 Å². The molecule has 1 aromatic heterocycles. The van der Waals surface area contributed by atoms with Crippen molar-refractivity contribution >= 4 is 37.3 Å². The first kappa shape index (κ1) is 13.6. The van der Waals surface area contributed by atoms with Crippen LogP contribution in [0.25, 0.3) is 0 Å². The molecule has 1 heterocycles. The van der Waals surface area contributed by atoms with E-state index in [9.17, 15) is 8.42 Å². The van der Waals surface area contributed by atoms with Crippen molar-refractivity contribution in [2.24, 2.45) is 0 Å². The number of nitrogens with one attached hydrogen (secondary N) is 1. The molecule has 0 saturated heterocycles. The van der Waals surface area contributed by atoms with Gasteiger partial charge in [0.25, 0.3) is 0 Å². The predicted molar refractivity (Wildman–Crippen MR) is 66.6 cm³/mol. The van der Waals surface area contributed by atoms with E-state index in [0.29, 0.717) is 6.42 Å². The first-order valence-electron chi connectivity index (χ1n) is 4.64. The second-order valence-corrected chi connectivity index (χ2v) is 7.55. The number of thiophene rings is 1. The zero-order valence-corrected chi connectivity index (χ0v) is 11.8. The van der Waals surface area contributed by atoms with E-state index in [4.69, 9.17) is 5.26 Å². The molecule has 0 bridgehead atoms. The van der Waals surface area contributed by atoms with Crippen molar-refractivity contribution in [2.45, 2.75) is 30.0 Å². The van der Waals surface area contributed by atoms with Crippen molar-refractivity contribution in [3.05, 3.63) is 15.9 Å². The lowest BCUT2D eigenvalue weighted by atomic mass is 10.2. The molecule has 16 heavy (non-hydrogen) atoms. The molecule has 0 radical (unpaired) electrons. The van der Waals surface area contributed by atoms with Crippen LogP contribution >= 0.6 is 27.3 Å². The van der Waals surface area contributed by atoms with Gasteiger partial charge in [0.15, 0.2) is 0 Å². The summed E-state index contributed by atoms with van der Waals surface area (Å²) < 4.78 is 27.3. The number of nitrogens with zero attached hydrogens (tertiary/aromatic N) is 1. The number of rotatable bonds is 5. The third kappa shape index (κ3) is 3.56. The average Bonchev–Trinajstić information content (AvgIpc) is 2.64. The first-order valence-corrected chi connectivity index (χ1v) is 7.73. The molecule has 4 nitrogen and oxygen atoms in total. The van der Waals surface area contributed by atoms with E-state index in [0.717, 1.165) is 15.1 Å². The number of sulfonamides is 1. The van der Waals surface area contributed by atoms with Crippen molar-refractivity contribution < 1.29 is 8.42 Å². The molecule has 0 aliphatic rings. The van der Waals surface area contributed by atoms with Gasteiger partial charge in [0, 0.05) is 6.04 Å². The molecule has 0 spiro atoms. The highest BCUT2D eigenvalue weighted by molar-refractivity contribution is 9.11. The van der Waals surface area contributed by atoms with Crippen molar-refractivity contribution in [2.75, 3.05) is 0 Å². The van der Waals surface area contributed by atoms with Gasteiger partial charge in [-0.05, 0) is 34.5 Å². The number of hydrogen-bond acceptors (Lipinski definition) is 4. The van der Waals surface area contributed by atoms with E-state index >= 15 is 0 Å². The number of nitriles is 1. The molecule has 1 unspecified atom stereocenters. The van der Waals surface area contributed by atoms with Gasteiger partial charge in [-0.3, -0.25) is 0 Å². The Morgan fingerprint density at radius 2 is 2.31 bits per heavy atom. The molecule has 0 fully saturated rings. The van der Waals surface area contributed by atoms with Crippen molar-refractivity contribution in [1.29, 1.82) is 5.26 Å². The summed E-state index contributed by atoms with van der Waals surface area (Å²) in [6, 6.07) is 4.86. The second-order valence-electron chi connectivity index (χ2n) is 3.15. The van der Waals surface area contributed by atoms with Gasteiger partial charge < -0.3 is 0 Å². The first-order chi connectivity index (χ1) is 7.49. The molecule has 0 amide bonds. The maximum Gasteiger partial charge on any atom is 0.250 e. The van der Waals surface area contributed by atoms with Crippen molar-refractivity contribution in [3.63, 3.8) is 0 Å². The molecule has 1 aromatic rings. The summed E-state index contributed by atoms with van der Waals surface area (Å²) in [5, 5.41) is 8.55. The van der Waals surface area contributed by atoms with E-state index in [1.54, 1.807) is 6.07 Å². The highest BCUT2D eigenvalue weighted by Crippen LogP contribution is 2.26. The second kappa shape index (κ2) is 5.77. The summed E-state index contributed by atoms with van der Waals surface area (Å²) >= 11 is 4.36. The lowest BCUT2D eigenvalue weighted by molar-refractivity contribution is 0.545. The van der Waals surface area contributed by atoms with Crippen LogP contribution in [-0.4, -0.2) is 14.5 Å². The molecular weight excluding hydrogens is 312 g/mol. The largest absolute Gasteiger partial charge is 0.250 e. The maximum atomic E-state index is 11.9. The van der Waals surface area contributed by atoms with Gasteiger partial charge in [-0.25, -0.2) is 13.1 Å². The zero-order valence-electron chi connectivity index (χ0n) is 8.60. The molecule has 0 aliphatic heterocycles. The Bertz CT molecular complexity index is 490. The average molecular weight is 323 g/mol. The number of hydrogen-bond donors (Lipinski definition) is 1. The molecule has 0 aromatic carbocycles. The van der Waals surface area contributed by atoms with E-state index in [-0.39, 0.29) is 16.7 Å². The van der Waals surface area contributed by atoms with Crippen molar-refractivity contribution in [1.82, 2.24) is 4.72 Å². The van der Waals surface area contributed by atoms with Gasteiger partial charge in [0.2, 0.25) is 10.0 Å². The lowest BCUT2D eigenvalue weighted by Gasteiger charge is -2.12. The fourth-order valence-corrected chi connectivity index (χ4v) is 4.44. The highest BCUT2D eigenvalue weighted by atomic mass is 79.9. The van der Waals surface area contributed by atoms with Gasteiger partial charge in [0.1, 0.15) is 4.21 Å². The third-order valence-corrected chi connectivity index (χ3v) is 5.60. The molecule has 1 N–H and O–H groups in total. The van der Waals surface area contributed by atoms with Gasteiger partial charge in [0.05, 0.1) is 16.3 Å². The summed E-state index contributed by atoms with van der Waals surface area (Å²) in [7, 11) is -3.49. The zero-order chi connectivity index (χ0) is 12.2. The van der Waals surface area contributed by atoms with Crippen LogP contribution in [0.2, 0.25) is 0 Å². The monoisotopic (exact) mass is 322 g/mol. The minimum atomic E-state index is -3.49. The minimum absolute atomic E-state index is 0.183. The van der Waals surface area contributed by atoms with Crippen LogP contribution in [0.3, 0.4) is 0 Å². The minimum Gasteiger partial charge on any atom is -0.206 e.